The number of allylic oxidation sites excluding steroid dienone is 3. The molecule has 0 amide bonds. The first kappa shape index (κ1) is 20.8. The molecular formula is C20H26N6O2. The molecule has 0 radical (unpaired) electrons. The van der Waals surface area contributed by atoms with Crippen molar-refractivity contribution < 1.29 is 9.15 Å². The zero-order valence-corrected chi connectivity index (χ0v) is 16.1. The van der Waals surface area contributed by atoms with Crippen molar-refractivity contribution in [2.75, 3.05) is 25.5 Å². The summed E-state index contributed by atoms with van der Waals surface area (Å²) in [6.07, 6.45) is 10.4. The first-order valence-corrected chi connectivity index (χ1v) is 8.76. The Bertz CT molecular complexity index is 867. The molecule has 0 bridgehead atoms. The molecule has 1 aromatic carbocycles. The molecule has 0 atom stereocenters. The van der Waals surface area contributed by atoms with Gasteiger partial charge in [0.2, 0.25) is 5.89 Å². The van der Waals surface area contributed by atoms with Gasteiger partial charge in [-0.2, -0.15) is 0 Å². The van der Waals surface area contributed by atoms with Crippen molar-refractivity contribution in [2.24, 2.45) is 11.5 Å². The third-order valence-electron chi connectivity index (χ3n) is 3.67. The molecule has 2 rings (SSSR count). The normalized spacial score (nSPS) is 12.8. The first-order valence-electron chi connectivity index (χ1n) is 8.76. The second-order valence-corrected chi connectivity index (χ2v) is 5.69. The predicted molar refractivity (Wildman–Crippen MR) is 112 cm³/mol. The Morgan fingerprint density at radius 2 is 2.11 bits per heavy atom. The van der Waals surface area contributed by atoms with E-state index in [9.17, 15) is 0 Å². The highest BCUT2D eigenvalue weighted by Crippen LogP contribution is 2.22. The largest absolute Gasteiger partial charge is 0.497 e. The van der Waals surface area contributed by atoms with Gasteiger partial charge in [-0.05, 0) is 43.1 Å². The molecule has 8 nitrogen and oxygen atoms in total. The number of hydrogen-bond acceptors (Lipinski definition) is 8. The molecule has 28 heavy (non-hydrogen) atoms. The fourth-order valence-corrected chi connectivity index (χ4v) is 2.33. The second kappa shape index (κ2) is 11.2. The zero-order valence-electron chi connectivity index (χ0n) is 16.1. The summed E-state index contributed by atoms with van der Waals surface area (Å²) in [6, 6.07) is 7.72. The fraction of sp³-hybridized carbons (Fsp3) is 0.200. The molecule has 8 heteroatoms. The molecule has 148 valence electrons. The standard InChI is InChI=1S/C20H26N6O2/c1-3-6-15(12-22)13-23-14-16(7-5-10-21)19-25-26-20(28-19)24-17-8-4-9-18(11-17)27-2/h3-12,23H,13-14,21-22H2,1-2H3,(H,24,26)/b6-3-,10-5-,15-12+,16-7+. The van der Waals surface area contributed by atoms with E-state index >= 15 is 0 Å². The van der Waals surface area contributed by atoms with Gasteiger partial charge in [-0.15, -0.1) is 5.10 Å². The lowest BCUT2D eigenvalue weighted by atomic mass is 10.2. The van der Waals surface area contributed by atoms with Crippen LogP contribution < -0.4 is 26.8 Å². The van der Waals surface area contributed by atoms with Gasteiger partial charge in [-0.3, -0.25) is 0 Å². The van der Waals surface area contributed by atoms with Gasteiger partial charge in [0.15, 0.2) is 0 Å². The molecule has 0 saturated heterocycles. The van der Waals surface area contributed by atoms with Crippen molar-refractivity contribution in [3.05, 3.63) is 72.4 Å². The maximum absolute atomic E-state index is 5.74. The highest BCUT2D eigenvalue weighted by molar-refractivity contribution is 5.63. The summed E-state index contributed by atoms with van der Waals surface area (Å²) in [5.41, 5.74) is 13.6. The minimum Gasteiger partial charge on any atom is -0.497 e. The number of nitrogens with one attached hydrogen (secondary N) is 2. The maximum atomic E-state index is 5.74. The average Bonchev–Trinajstić information content (AvgIpc) is 3.18. The van der Waals surface area contributed by atoms with E-state index in [2.05, 4.69) is 20.8 Å². The molecule has 0 unspecified atom stereocenters. The number of methoxy groups -OCH3 is 1. The Labute approximate surface area is 164 Å². The Kier molecular flexibility index (Phi) is 8.35. The van der Waals surface area contributed by atoms with Gasteiger partial charge in [-0.25, -0.2) is 0 Å². The highest BCUT2D eigenvalue weighted by Gasteiger charge is 2.11. The van der Waals surface area contributed by atoms with Crippen LogP contribution in [0.2, 0.25) is 0 Å². The number of hydrogen-bond donors (Lipinski definition) is 4. The number of benzene rings is 1. The van der Waals surface area contributed by atoms with Gasteiger partial charge < -0.3 is 31.3 Å². The lowest BCUT2D eigenvalue weighted by molar-refractivity contribution is 0.415. The van der Waals surface area contributed by atoms with E-state index in [1.807, 2.05) is 49.4 Å². The van der Waals surface area contributed by atoms with Crippen molar-refractivity contribution in [1.82, 2.24) is 15.5 Å². The van der Waals surface area contributed by atoms with E-state index in [0.717, 1.165) is 22.6 Å². The Balaban J connectivity index is 2.08. The van der Waals surface area contributed by atoms with Crippen LogP contribution in [0.4, 0.5) is 11.7 Å². The summed E-state index contributed by atoms with van der Waals surface area (Å²) in [5.74, 6) is 1.12. The van der Waals surface area contributed by atoms with Crippen molar-refractivity contribution in [3.8, 4) is 5.75 Å². The molecule has 0 fully saturated rings. The zero-order chi connectivity index (χ0) is 20.2. The summed E-state index contributed by atoms with van der Waals surface area (Å²) in [4.78, 5) is 0. The van der Waals surface area contributed by atoms with Gasteiger partial charge in [0, 0.05) is 30.4 Å². The SMILES string of the molecule is C/C=C\C(=C/N)CNC/C(=C\C=C/N)c1nnc(Nc2cccc(OC)c2)o1. The Morgan fingerprint density at radius 3 is 2.82 bits per heavy atom. The molecule has 0 aliphatic rings. The average molecular weight is 382 g/mol. The Hall–Kier alpha value is -3.52. The summed E-state index contributed by atoms with van der Waals surface area (Å²) in [5, 5.41) is 14.5. The number of ether oxygens (including phenoxy) is 1. The number of aromatic nitrogens is 2. The lowest BCUT2D eigenvalue weighted by Crippen LogP contribution is -2.19. The van der Waals surface area contributed by atoms with E-state index in [-0.39, 0.29) is 6.01 Å². The van der Waals surface area contributed by atoms with Crippen LogP contribution in [0.5, 0.6) is 5.75 Å². The molecule has 2 aromatic rings. The van der Waals surface area contributed by atoms with Crippen molar-refractivity contribution >= 4 is 17.3 Å². The van der Waals surface area contributed by atoms with Crippen molar-refractivity contribution in [3.63, 3.8) is 0 Å². The van der Waals surface area contributed by atoms with Gasteiger partial charge in [-0.1, -0.05) is 29.4 Å². The van der Waals surface area contributed by atoms with Gasteiger partial charge >= 0.3 is 6.01 Å². The van der Waals surface area contributed by atoms with Crippen molar-refractivity contribution in [2.45, 2.75) is 6.92 Å². The third kappa shape index (κ3) is 6.33. The summed E-state index contributed by atoms with van der Waals surface area (Å²) < 4.78 is 10.9. The fourth-order valence-electron chi connectivity index (χ4n) is 2.33. The van der Waals surface area contributed by atoms with E-state index in [1.165, 1.54) is 6.20 Å². The molecule has 0 aliphatic heterocycles. The number of nitrogens with two attached hydrogens (primary N) is 2. The van der Waals surface area contributed by atoms with E-state index in [1.54, 1.807) is 19.4 Å². The molecule has 0 saturated carbocycles. The smallest absolute Gasteiger partial charge is 0.320 e. The molecule has 1 aromatic heterocycles. The van der Waals surface area contributed by atoms with Gasteiger partial charge in [0.05, 0.1) is 7.11 Å². The van der Waals surface area contributed by atoms with Crippen LogP contribution in [0, 0.1) is 0 Å². The minimum atomic E-state index is 0.280. The second-order valence-electron chi connectivity index (χ2n) is 5.69. The third-order valence-corrected chi connectivity index (χ3v) is 3.67. The molecule has 1 heterocycles. The summed E-state index contributed by atoms with van der Waals surface area (Å²) in [7, 11) is 1.61. The number of nitrogens with zero attached hydrogens (tertiary/aromatic N) is 2. The van der Waals surface area contributed by atoms with Crippen LogP contribution in [-0.2, 0) is 0 Å². The van der Waals surface area contributed by atoms with Gasteiger partial charge in [0.25, 0.3) is 0 Å². The van der Waals surface area contributed by atoms with Crippen LogP contribution in [0.3, 0.4) is 0 Å². The van der Waals surface area contributed by atoms with Crippen LogP contribution in [-0.4, -0.2) is 30.4 Å². The van der Waals surface area contributed by atoms with Crippen LogP contribution in [0.15, 0.2) is 71.0 Å². The van der Waals surface area contributed by atoms with E-state index in [4.69, 9.17) is 20.6 Å². The monoisotopic (exact) mass is 382 g/mol. The van der Waals surface area contributed by atoms with E-state index in [0.29, 0.717) is 19.0 Å². The van der Waals surface area contributed by atoms with Crippen molar-refractivity contribution in [1.29, 1.82) is 0 Å². The topological polar surface area (TPSA) is 124 Å². The predicted octanol–water partition coefficient (Wildman–Crippen LogP) is 2.69. The maximum Gasteiger partial charge on any atom is 0.320 e. The van der Waals surface area contributed by atoms with Crippen LogP contribution in [0.25, 0.3) is 5.57 Å². The summed E-state index contributed by atoms with van der Waals surface area (Å²) in [6.45, 7) is 3.05. The Morgan fingerprint density at radius 1 is 1.25 bits per heavy atom. The minimum absolute atomic E-state index is 0.280. The van der Waals surface area contributed by atoms with Crippen LogP contribution >= 0.6 is 0 Å². The van der Waals surface area contributed by atoms with Gasteiger partial charge in [0.1, 0.15) is 5.75 Å². The molecule has 0 spiro atoms. The summed E-state index contributed by atoms with van der Waals surface area (Å²) >= 11 is 0. The van der Waals surface area contributed by atoms with E-state index < -0.39 is 0 Å². The first-order chi connectivity index (χ1) is 13.7. The number of rotatable bonds is 10. The highest BCUT2D eigenvalue weighted by atomic mass is 16.5. The lowest BCUT2D eigenvalue weighted by Gasteiger charge is -2.06. The molecule has 6 N–H and O–H groups in total. The molecular weight excluding hydrogens is 356 g/mol. The quantitative estimate of drug-likeness (QED) is 0.462. The van der Waals surface area contributed by atoms with Crippen LogP contribution in [0.1, 0.15) is 12.8 Å². The number of anilines is 2. The molecule has 0 aliphatic carbocycles.